The van der Waals surface area contributed by atoms with Crippen molar-refractivity contribution in [2.75, 3.05) is 25.5 Å². The van der Waals surface area contributed by atoms with Gasteiger partial charge in [0.15, 0.2) is 0 Å². The van der Waals surface area contributed by atoms with Gasteiger partial charge in [-0.05, 0) is 32.4 Å². The van der Waals surface area contributed by atoms with Gasteiger partial charge in [-0.2, -0.15) is 12.6 Å². The lowest BCUT2D eigenvalue weighted by molar-refractivity contribution is -0.131. The second-order valence-corrected chi connectivity index (χ2v) is 6.03. The first-order valence-electron chi connectivity index (χ1n) is 6.23. The summed E-state index contributed by atoms with van der Waals surface area (Å²) < 4.78 is 5.35. The molecule has 5 nitrogen and oxygen atoms in total. The van der Waals surface area contributed by atoms with E-state index < -0.39 is 5.54 Å². The molecule has 0 saturated carbocycles. The largest absolute Gasteiger partial charge is 0.381 e. The van der Waals surface area contributed by atoms with Gasteiger partial charge < -0.3 is 10.1 Å². The van der Waals surface area contributed by atoms with Gasteiger partial charge in [0, 0.05) is 25.2 Å². The second-order valence-electron chi connectivity index (χ2n) is 5.72. The number of nitrogens with zero attached hydrogens (tertiary/aromatic N) is 1. The van der Waals surface area contributed by atoms with Crippen LogP contribution in [-0.2, 0) is 9.53 Å². The lowest BCUT2D eigenvalue weighted by atomic mass is 9.81. The molecule has 102 valence electrons. The molecule has 0 unspecified atom stereocenters. The molecule has 3 amide bonds. The van der Waals surface area contributed by atoms with Gasteiger partial charge in [-0.15, -0.1) is 0 Å². The predicted molar refractivity (Wildman–Crippen MR) is 70.7 cm³/mol. The quantitative estimate of drug-likeness (QED) is 0.596. The maximum Gasteiger partial charge on any atom is 0.325 e. The Morgan fingerprint density at radius 2 is 1.94 bits per heavy atom. The van der Waals surface area contributed by atoms with Crippen molar-refractivity contribution in [3.63, 3.8) is 0 Å². The fourth-order valence-corrected chi connectivity index (χ4v) is 2.88. The molecule has 0 radical (unpaired) electrons. The molecule has 2 fully saturated rings. The molecule has 1 N–H and O–H groups in total. The average molecular weight is 272 g/mol. The smallest absolute Gasteiger partial charge is 0.325 e. The zero-order valence-electron chi connectivity index (χ0n) is 10.9. The number of rotatable bonds is 3. The second kappa shape index (κ2) is 4.74. The van der Waals surface area contributed by atoms with E-state index in [0.717, 1.165) is 12.8 Å². The minimum absolute atomic E-state index is 0.102. The summed E-state index contributed by atoms with van der Waals surface area (Å²) in [4.78, 5) is 25.4. The summed E-state index contributed by atoms with van der Waals surface area (Å²) in [6.07, 6.45) is 1.68. The predicted octanol–water partition coefficient (Wildman–Crippen LogP) is 1.04. The molecule has 0 spiro atoms. The number of ether oxygens (including phenoxy) is 1. The van der Waals surface area contributed by atoms with E-state index in [9.17, 15) is 9.59 Å². The number of amides is 3. The van der Waals surface area contributed by atoms with Crippen molar-refractivity contribution in [1.82, 2.24) is 10.2 Å². The molecule has 2 heterocycles. The summed E-state index contributed by atoms with van der Waals surface area (Å²) in [6.45, 7) is 5.24. The Bertz CT molecular complexity index is 364. The van der Waals surface area contributed by atoms with Gasteiger partial charge in [0.1, 0.15) is 5.54 Å². The highest BCUT2D eigenvalue weighted by molar-refractivity contribution is 7.80. The van der Waals surface area contributed by atoms with Crippen LogP contribution in [0.5, 0.6) is 0 Å². The topological polar surface area (TPSA) is 58.6 Å². The van der Waals surface area contributed by atoms with Crippen molar-refractivity contribution in [3.8, 4) is 0 Å². The summed E-state index contributed by atoms with van der Waals surface area (Å²) in [5.74, 6) is 0.508. The van der Waals surface area contributed by atoms with E-state index >= 15 is 0 Å². The van der Waals surface area contributed by atoms with E-state index in [1.165, 1.54) is 4.90 Å². The van der Waals surface area contributed by atoms with Crippen molar-refractivity contribution in [3.05, 3.63) is 0 Å². The Morgan fingerprint density at radius 3 is 2.39 bits per heavy atom. The van der Waals surface area contributed by atoms with Crippen LogP contribution in [0.3, 0.4) is 0 Å². The summed E-state index contributed by atoms with van der Waals surface area (Å²) in [5.41, 5.74) is -0.894. The normalized spacial score (nSPS) is 26.3. The van der Waals surface area contributed by atoms with Crippen LogP contribution in [0.2, 0.25) is 0 Å². The van der Waals surface area contributed by atoms with Gasteiger partial charge in [-0.3, -0.25) is 9.69 Å². The van der Waals surface area contributed by atoms with Gasteiger partial charge in [-0.1, -0.05) is 0 Å². The van der Waals surface area contributed by atoms with Crippen LogP contribution in [0.1, 0.15) is 26.7 Å². The van der Waals surface area contributed by atoms with Crippen LogP contribution >= 0.6 is 12.6 Å². The van der Waals surface area contributed by atoms with Crippen molar-refractivity contribution >= 4 is 24.6 Å². The lowest BCUT2D eigenvalue weighted by Gasteiger charge is -2.38. The molecule has 6 heteroatoms. The number of hydrogen-bond acceptors (Lipinski definition) is 4. The molecule has 0 aromatic rings. The van der Waals surface area contributed by atoms with E-state index in [1.54, 1.807) is 13.8 Å². The molecular formula is C12H20N2O3S. The molecule has 2 aliphatic rings. The van der Waals surface area contributed by atoms with Crippen LogP contribution in [-0.4, -0.2) is 47.9 Å². The minimum atomic E-state index is -0.792. The molecule has 0 aromatic heterocycles. The van der Waals surface area contributed by atoms with E-state index in [4.69, 9.17) is 4.74 Å². The fraction of sp³-hybridized carbons (Fsp3) is 0.833. The standard InChI is InChI=1S/C12H20N2O3S/c1-11(2)9(15)14(10(16)13-11)7-12(8-18)3-5-17-6-4-12/h18H,3-8H2,1-2H3,(H,13,16). The fourth-order valence-electron chi connectivity index (χ4n) is 2.47. The van der Waals surface area contributed by atoms with E-state index in [1.807, 2.05) is 0 Å². The Kier molecular flexibility index (Phi) is 3.60. The zero-order chi connectivity index (χ0) is 13.4. The molecule has 0 aliphatic carbocycles. The highest BCUT2D eigenvalue weighted by Crippen LogP contribution is 2.34. The third-order valence-corrected chi connectivity index (χ3v) is 4.50. The van der Waals surface area contributed by atoms with Crippen LogP contribution in [0, 0.1) is 5.41 Å². The molecule has 2 rings (SSSR count). The third-order valence-electron chi connectivity index (χ3n) is 3.83. The minimum Gasteiger partial charge on any atom is -0.381 e. The summed E-state index contributed by atoms with van der Waals surface area (Å²) in [5, 5.41) is 2.71. The molecule has 0 aromatic carbocycles. The summed E-state index contributed by atoms with van der Waals surface area (Å²) >= 11 is 4.40. The van der Waals surface area contributed by atoms with Gasteiger partial charge >= 0.3 is 6.03 Å². The van der Waals surface area contributed by atoms with Crippen molar-refractivity contribution < 1.29 is 14.3 Å². The first-order valence-corrected chi connectivity index (χ1v) is 6.86. The number of thiol groups is 1. The molecule has 2 saturated heterocycles. The first-order chi connectivity index (χ1) is 8.40. The van der Waals surface area contributed by atoms with Crippen molar-refractivity contribution in [2.24, 2.45) is 5.41 Å². The third kappa shape index (κ3) is 2.36. The maximum absolute atomic E-state index is 12.2. The maximum atomic E-state index is 12.2. The molecule has 0 atom stereocenters. The Hall–Kier alpha value is -0.750. The zero-order valence-corrected chi connectivity index (χ0v) is 11.8. The first kappa shape index (κ1) is 13.7. The van der Waals surface area contributed by atoms with Crippen molar-refractivity contribution in [2.45, 2.75) is 32.2 Å². The SMILES string of the molecule is CC1(C)NC(=O)N(CC2(CS)CCOCC2)C1=O. The van der Waals surface area contributed by atoms with Crippen LogP contribution in [0.15, 0.2) is 0 Å². The number of hydrogen-bond donors (Lipinski definition) is 2. The van der Waals surface area contributed by atoms with Gasteiger partial charge in [0.25, 0.3) is 5.91 Å². The van der Waals surface area contributed by atoms with E-state index in [-0.39, 0.29) is 17.4 Å². The van der Waals surface area contributed by atoms with Crippen LogP contribution in [0.4, 0.5) is 4.79 Å². The Balaban J connectivity index is 2.12. The summed E-state index contributed by atoms with van der Waals surface area (Å²) in [7, 11) is 0. The Morgan fingerprint density at radius 1 is 1.33 bits per heavy atom. The number of urea groups is 1. The van der Waals surface area contributed by atoms with Gasteiger partial charge in [0.05, 0.1) is 0 Å². The van der Waals surface area contributed by atoms with Gasteiger partial charge in [-0.25, -0.2) is 4.79 Å². The highest BCUT2D eigenvalue weighted by Gasteiger charge is 2.47. The summed E-state index contributed by atoms with van der Waals surface area (Å²) in [6, 6.07) is -0.294. The lowest BCUT2D eigenvalue weighted by Crippen LogP contribution is -2.46. The van der Waals surface area contributed by atoms with E-state index in [2.05, 4.69) is 17.9 Å². The Labute approximate surface area is 113 Å². The molecule has 0 bridgehead atoms. The van der Waals surface area contributed by atoms with Crippen LogP contribution in [0.25, 0.3) is 0 Å². The molecule has 2 aliphatic heterocycles. The number of nitrogens with one attached hydrogen (secondary N) is 1. The van der Waals surface area contributed by atoms with E-state index in [0.29, 0.717) is 25.5 Å². The van der Waals surface area contributed by atoms with Crippen molar-refractivity contribution in [1.29, 1.82) is 0 Å². The molecular weight excluding hydrogens is 252 g/mol. The van der Waals surface area contributed by atoms with Crippen LogP contribution < -0.4 is 5.32 Å². The van der Waals surface area contributed by atoms with Gasteiger partial charge in [0.2, 0.25) is 0 Å². The number of carbonyl (C=O) groups excluding carboxylic acids is 2. The number of imide groups is 1. The number of carbonyl (C=O) groups is 2. The molecule has 18 heavy (non-hydrogen) atoms. The average Bonchev–Trinajstić information content (AvgIpc) is 2.53. The monoisotopic (exact) mass is 272 g/mol. The highest BCUT2D eigenvalue weighted by atomic mass is 32.1.